The molecular formula is C88H84BN3. The monoisotopic (exact) mass is 1190 g/mol. The van der Waals surface area contributed by atoms with Crippen molar-refractivity contribution in [3.63, 3.8) is 0 Å². The van der Waals surface area contributed by atoms with E-state index in [0.717, 1.165) is 29.9 Å². The summed E-state index contributed by atoms with van der Waals surface area (Å²) in [5.74, 6) is 0. The molecule has 11 aromatic carbocycles. The summed E-state index contributed by atoms with van der Waals surface area (Å²) >= 11 is 0. The van der Waals surface area contributed by atoms with E-state index in [-0.39, 0.29) is 39.2 Å². The van der Waals surface area contributed by atoms with Gasteiger partial charge in [-0.1, -0.05) is 267 Å². The number of benzene rings is 11. The van der Waals surface area contributed by atoms with Crippen LogP contribution in [0.25, 0.3) is 72.0 Å². The summed E-state index contributed by atoms with van der Waals surface area (Å²) in [4.78, 5) is 5.21. The highest BCUT2D eigenvalue weighted by atomic mass is 15.2. The van der Waals surface area contributed by atoms with Gasteiger partial charge in [0.05, 0.1) is 16.7 Å². The first-order valence-corrected chi connectivity index (χ1v) is 33.6. The van der Waals surface area contributed by atoms with Gasteiger partial charge in [0.25, 0.3) is 6.71 Å². The number of rotatable bonds is 7. The minimum absolute atomic E-state index is 0.0123. The molecule has 0 spiro atoms. The molecule has 3 nitrogen and oxygen atoms in total. The van der Waals surface area contributed by atoms with E-state index in [9.17, 15) is 0 Å². The van der Waals surface area contributed by atoms with Crippen LogP contribution in [0.15, 0.2) is 231 Å². The number of hydrogen-bond donors (Lipinski definition) is 0. The van der Waals surface area contributed by atoms with Crippen molar-refractivity contribution >= 4 is 79.0 Å². The van der Waals surface area contributed by atoms with E-state index in [0.29, 0.717) is 0 Å². The molecule has 0 fully saturated rings. The van der Waals surface area contributed by atoms with Gasteiger partial charge in [-0.2, -0.15) is 0 Å². The molecule has 2 aliphatic carbocycles. The Morgan fingerprint density at radius 3 is 1.08 bits per heavy atom. The molecule has 12 aromatic rings. The summed E-state index contributed by atoms with van der Waals surface area (Å²) in [7, 11) is 0. The van der Waals surface area contributed by atoms with Gasteiger partial charge in [-0.15, -0.1) is 0 Å². The Balaban J connectivity index is 0.970. The summed E-state index contributed by atoms with van der Waals surface area (Å²) in [6.07, 6.45) is 2.28. The van der Waals surface area contributed by atoms with Gasteiger partial charge in [0.15, 0.2) is 0 Å². The summed E-state index contributed by atoms with van der Waals surface area (Å²) < 4.78 is 2.52. The molecule has 0 N–H and O–H groups in total. The molecule has 0 atom stereocenters. The zero-order valence-electron chi connectivity index (χ0n) is 56.3. The van der Waals surface area contributed by atoms with Crippen molar-refractivity contribution in [3.05, 3.63) is 264 Å². The summed E-state index contributed by atoms with van der Waals surface area (Å²) in [6, 6.07) is 89.8. The lowest BCUT2D eigenvalue weighted by Crippen LogP contribution is -2.61. The number of fused-ring (bicyclic) bond motifs is 9. The highest BCUT2D eigenvalue weighted by Gasteiger charge is 2.46. The van der Waals surface area contributed by atoms with Crippen LogP contribution in [-0.4, -0.2) is 11.3 Å². The first-order chi connectivity index (χ1) is 43.8. The van der Waals surface area contributed by atoms with Crippen LogP contribution in [-0.2, 0) is 32.5 Å². The highest BCUT2D eigenvalue weighted by molar-refractivity contribution is 7.00. The van der Waals surface area contributed by atoms with Crippen molar-refractivity contribution in [2.24, 2.45) is 0 Å². The van der Waals surface area contributed by atoms with Gasteiger partial charge in [0.2, 0.25) is 0 Å². The molecule has 2 aliphatic heterocycles. The van der Waals surface area contributed by atoms with Crippen LogP contribution in [0.3, 0.4) is 0 Å². The molecule has 0 radical (unpaired) electrons. The molecule has 4 aliphatic rings. The first-order valence-electron chi connectivity index (χ1n) is 33.6. The van der Waals surface area contributed by atoms with Crippen molar-refractivity contribution in [3.8, 4) is 50.2 Å². The van der Waals surface area contributed by atoms with Crippen LogP contribution >= 0.6 is 0 Å². The largest absolute Gasteiger partial charge is 0.311 e. The van der Waals surface area contributed by atoms with E-state index in [1.165, 1.54) is 139 Å². The summed E-state index contributed by atoms with van der Waals surface area (Å²) in [6.45, 7) is 33.1. The maximum atomic E-state index is 2.61. The van der Waals surface area contributed by atoms with E-state index in [1.54, 1.807) is 0 Å². The first kappa shape index (κ1) is 58.0. The van der Waals surface area contributed by atoms with Gasteiger partial charge in [0, 0.05) is 44.9 Å². The number of nitrogens with zero attached hydrogens (tertiary/aromatic N) is 3. The SMILES string of the molecule is CC(C)(C)c1cccc(-c2ccc3c(c2)B2c4cc(-c5cccc(C(C)(C)C)c5)ccc4N(c4ccc(-c5ccc6c(c5)C(C)(C)CC6(C)C)cc4)c4cc(-n5c6ccccc6c6ccccc65)cc(c42)N3c2ccc(-c3ccc4c(c3)C(C)(C)CC4(C)C)cc2)c1. The normalized spacial score (nSPS) is 16.3. The molecule has 454 valence electrons. The Bertz CT molecular complexity index is 4700. The molecule has 1 aromatic heterocycles. The minimum atomic E-state index is -0.141. The van der Waals surface area contributed by atoms with Crippen molar-refractivity contribution in [2.75, 3.05) is 9.80 Å². The molecule has 0 saturated carbocycles. The molecular weight excluding hydrogens is 1110 g/mol. The van der Waals surface area contributed by atoms with Crippen molar-refractivity contribution in [1.29, 1.82) is 0 Å². The van der Waals surface area contributed by atoms with E-state index >= 15 is 0 Å². The summed E-state index contributed by atoms with van der Waals surface area (Å²) in [5.41, 5.74) is 33.1. The molecule has 0 bridgehead atoms. The standard InChI is InChI=1S/C88H84BN3/c1-83(2,3)63-23-19-21-57(45-63)61-35-43-78-74(49-61)89-75-50-62(58-22-20-24-64(46-58)84(4,5)6)36-44-79(75)91(66-39-31-56(32-40-66)60-34-42-71-73(48-60)88(13,14)54-86(71,9)10)81-52-67(92-76-27-17-15-25-68(76)69-26-16-18-28-77(69)92)51-80(82(81)89)90(78)65-37-29-55(30-38-65)59-33-41-70-72(47-59)87(11,12)53-85(70,7)8/h15-52H,53-54H2,1-14H3. The number of anilines is 6. The van der Waals surface area contributed by atoms with Gasteiger partial charge >= 0.3 is 0 Å². The minimum Gasteiger partial charge on any atom is -0.311 e. The van der Waals surface area contributed by atoms with Crippen LogP contribution in [0.4, 0.5) is 34.1 Å². The maximum Gasteiger partial charge on any atom is 0.252 e. The predicted molar refractivity (Wildman–Crippen MR) is 395 cm³/mol. The Hall–Kier alpha value is -9.12. The zero-order chi connectivity index (χ0) is 63.8. The quantitative estimate of drug-likeness (QED) is 0.147. The van der Waals surface area contributed by atoms with E-state index in [4.69, 9.17) is 0 Å². The van der Waals surface area contributed by atoms with Crippen LogP contribution in [0.1, 0.15) is 143 Å². The van der Waals surface area contributed by atoms with Crippen LogP contribution in [0.2, 0.25) is 0 Å². The van der Waals surface area contributed by atoms with E-state index in [2.05, 4.69) is 342 Å². The lowest BCUT2D eigenvalue weighted by Gasteiger charge is -2.44. The molecule has 16 rings (SSSR count). The lowest BCUT2D eigenvalue weighted by molar-refractivity contribution is 0.402. The molecule has 4 heteroatoms. The van der Waals surface area contributed by atoms with Crippen LogP contribution in [0.5, 0.6) is 0 Å². The Kier molecular flexibility index (Phi) is 12.7. The maximum absolute atomic E-state index is 2.61. The fourth-order valence-electron chi connectivity index (χ4n) is 17.5. The topological polar surface area (TPSA) is 11.4 Å². The third kappa shape index (κ3) is 9.20. The van der Waals surface area contributed by atoms with Gasteiger partial charge in [-0.05, 0) is 200 Å². The fraction of sp³-hybridized carbons (Fsp3) is 0.250. The van der Waals surface area contributed by atoms with Gasteiger partial charge in [0.1, 0.15) is 0 Å². The van der Waals surface area contributed by atoms with Crippen LogP contribution < -0.4 is 26.2 Å². The van der Waals surface area contributed by atoms with E-state index < -0.39 is 0 Å². The third-order valence-corrected chi connectivity index (χ3v) is 21.7. The van der Waals surface area contributed by atoms with Gasteiger partial charge < -0.3 is 14.4 Å². The third-order valence-electron chi connectivity index (χ3n) is 21.7. The number of para-hydroxylation sites is 2. The second kappa shape index (κ2) is 20.2. The van der Waals surface area contributed by atoms with Gasteiger partial charge in [-0.25, -0.2) is 0 Å². The highest BCUT2D eigenvalue weighted by Crippen LogP contribution is 2.53. The second-order valence-electron chi connectivity index (χ2n) is 32.1. The van der Waals surface area contributed by atoms with Crippen LogP contribution in [0, 0.1) is 0 Å². The molecule has 0 amide bonds. The van der Waals surface area contributed by atoms with Crippen molar-refractivity contribution < 1.29 is 0 Å². The number of hydrogen-bond acceptors (Lipinski definition) is 2. The average Bonchev–Trinajstić information content (AvgIpc) is 0.884. The Morgan fingerprint density at radius 1 is 0.304 bits per heavy atom. The van der Waals surface area contributed by atoms with Crippen molar-refractivity contribution in [2.45, 2.75) is 142 Å². The smallest absolute Gasteiger partial charge is 0.252 e. The molecule has 0 saturated heterocycles. The van der Waals surface area contributed by atoms with E-state index in [1.807, 2.05) is 0 Å². The Morgan fingerprint density at radius 2 is 0.663 bits per heavy atom. The Labute approximate surface area is 546 Å². The fourth-order valence-corrected chi connectivity index (χ4v) is 17.5. The summed E-state index contributed by atoms with van der Waals surface area (Å²) in [5, 5.41) is 2.48. The zero-order valence-corrected chi connectivity index (χ0v) is 56.3. The number of aromatic nitrogens is 1. The lowest BCUT2D eigenvalue weighted by atomic mass is 9.33. The molecule has 0 unspecified atom stereocenters. The molecule has 92 heavy (non-hydrogen) atoms. The van der Waals surface area contributed by atoms with Crippen molar-refractivity contribution in [1.82, 2.24) is 4.57 Å². The second-order valence-corrected chi connectivity index (χ2v) is 32.1. The predicted octanol–water partition coefficient (Wildman–Crippen LogP) is 22.0. The van der Waals surface area contributed by atoms with Gasteiger partial charge in [-0.3, -0.25) is 0 Å². The molecule has 3 heterocycles. The average molecular weight is 1190 g/mol.